The fourth-order valence-electron chi connectivity index (χ4n) is 1.86. The first-order chi connectivity index (χ1) is 10.0. The fraction of sp³-hybridized carbons (Fsp3) is 0.125. The molecule has 2 rings (SSSR count). The number of benzene rings is 2. The highest BCUT2D eigenvalue weighted by Gasteiger charge is 2.12. The van der Waals surface area contributed by atoms with Crippen molar-refractivity contribution in [1.29, 1.82) is 0 Å². The first kappa shape index (κ1) is 15.1. The van der Waals surface area contributed by atoms with Gasteiger partial charge in [0.25, 0.3) is 5.91 Å². The SMILES string of the molecule is COc1ccc(C(=O)Nc2cc(Cl)ccc2C(C)=O)cc1. The molecule has 5 heteroatoms. The van der Waals surface area contributed by atoms with Gasteiger partial charge in [-0.05, 0) is 49.4 Å². The van der Waals surface area contributed by atoms with Crippen LogP contribution in [0.25, 0.3) is 0 Å². The molecule has 1 N–H and O–H groups in total. The standard InChI is InChI=1S/C16H14ClNO3/c1-10(19)14-8-5-12(17)9-15(14)18-16(20)11-3-6-13(21-2)7-4-11/h3-9H,1-2H3,(H,18,20). The summed E-state index contributed by atoms with van der Waals surface area (Å²) in [5.41, 5.74) is 1.28. The number of rotatable bonds is 4. The lowest BCUT2D eigenvalue weighted by molar-refractivity contribution is 0.101. The number of carbonyl (C=O) groups is 2. The van der Waals surface area contributed by atoms with Crippen molar-refractivity contribution in [2.45, 2.75) is 6.92 Å². The minimum atomic E-state index is -0.317. The molecule has 0 saturated heterocycles. The van der Waals surface area contributed by atoms with E-state index in [1.807, 2.05) is 0 Å². The molecule has 1 amide bonds. The number of halogens is 1. The third-order valence-corrected chi connectivity index (χ3v) is 3.20. The van der Waals surface area contributed by atoms with Crippen LogP contribution in [0.3, 0.4) is 0 Å². The summed E-state index contributed by atoms with van der Waals surface area (Å²) in [4.78, 5) is 23.8. The summed E-state index contributed by atoms with van der Waals surface area (Å²) >= 11 is 5.91. The average molecular weight is 304 g/mol. The first-order valence-electron chi connectivity index (χ1n) is 6.27. The molecular formula is C16H14ClNO3. The van der Waals surface area contributed by atoms with Crippen LogP contribution in [0, 0.1) is 0 Å². The molecule has 0 radical (unpaired) electrons. The van der Waals surface area contributed by atoms with E-state index in [0.717, 1.165) is 0 Å². The average Bonchev–Trinajstić information content (AvgIpc) is 2.47. The van der Waals surface area contributed by atoms with Crippen molar-refractivity contribution in [2.24, 2.45) is 0 Å². The minimum absolute atomic E-state index is 0.142. The van der Waals surface area contributed by atoms with Crippen molar-refractivity contribution in [3.05, 3.63) is 58.6 Å². The summed E-state index contributed by atoms with van der Waals surface area (Å²) < 4.78 is 5.04. The summed E-state index contributed by atoms with van der Waals surface area (Å²) in [6.07, 6.45) is 0. The molecule has 21 heavy (non-hydrogen) atoms. The summed E-state index contributed by atoms with van der Waals surface area (Å²) in [5.74, 6) is 0.206. The molecule has 2 aromatic carbocycles. The first-order valence-corrected chi connectivity index (χ1v) is 6.65. The van der Waals surface area contributed by atoms with Gasteiger partial charge in [-0.1, -0.05) is 11.6 Å². The third kappa shape index (κ3) is 3.61. The van der Waals surface area contributed by atoms with Crippen LogP contribution in [0.2, 0.25) is 5.02 Å². The van der Waals surface area contributed by atoms with Crippen molar-refractivity contribution in [2.75, 3.05) is 12.4 Å². The Hall–Kier alpha value is -2.33. The van der Waals surface area contributed by atoms with Crippen molar-refractivity contribution >= 4 is 29.0 Å². The molecule has 0 bridgehead atoms. The van der Waals surface area contributed by atoms with Gasteiger partial charge in [0.15, 0.2) is 5.78 Å². The van der Waals surface area contributed by atoms with Crippen molar-refractivity contribution in [3.63, 3.8) is 0 Å². The third-order valence-electron chi connectivity index (χ3n) is 2.96. The molecule has 4 nitrogen and oxygen atoms in total. The molecule has 0 atom stereocenters. The van der Waals surface area contributed by atoms with Gasteiger partial charge in [-0.3, -0.25) is 9.59 Å². The van der Waals surface area contributed by atoms with Crippen LogP contribution in [0.15, 0.2) is 42.5 Å². The van der Waals surface area contributed by atoms with Gasteiger partial charge in [0.05, 0.1) is 12.8 Å². The maximum Gasteiger partial charge on any atom is 0.255 e. The molecule has 0 aromatic heterocycles. The highest BCUT2D eigenvalue weighted by molar-refractivity contribution is 6.31. The Balaban J connectivity index is 2.26. The number of ether oxygens (including phenoxy) is 1. The second-order valence-corrected chi connectivity index (χ2v) is 4.87. The lowest BCUT2D eigenvalue weighted by Crippen LogP contribution is -2.14. The number of ketones is 1. The highest BCUT2D eigenvalue weighted by atomic mass is 35.5. The molecule has 0 saturated carbocycles. The number of carbonyl (C=O) groups excluding carboxylic acids is 2. The van der Waals surface area contributed by atoms with Crippen LogP contribution in [-0.4, -0.2) is 18.8 Å². The van der Waals surface area contributed by atoms with E-state index in [1.165, 1.54) is 6.92 Å². The van der Waals surface area contributed by atoms with Gasteiger partial charge in [0, 0.05) is 16.1 Å². The van der Waals surface area contributed by atoms with Gasteiger partial charge >= 0.3 is 0 Å². The maximum absolute atomic E-state index is 12.2. The van der Waals surface area contributed by atoms with Gasteiger partial charge < -0.3 is 10.1 Å². The normalized spacial score (nSPS) is 10.0. The fourth-order valence-corrected chi connectivity index (χ4v) is 2.04. The largest absolute Gasteiger partial charge is 0.497 e. The number of anilines is 1. The van der Waals surface area contributed by atoms with E-state index in [9.17, 15) is 9.59 Å². The minimum Gasteiger partial charge on any atom is -0.497 e. The van der Waals surface area contributed by atoms with Crippen LogP contribution in [0.1, 0.15) is 27.6 Å². The van der Waals surface area contributed by atoms with Gasteiger partial charge in [-0.25, -0.2) is 0 Å². The van der Waals surface area contributed by atoms with Crippen LogP contribution in [0.4, 0.5) is 5.69 Å². The van der Waals surface area contributed by atoms with Crippen LogP contribution in [-0.2, 0) is 0 Å². The lowest BCUT2D eigenvalue weighted by atomic mass is 10.1. The maximum atomic E-state index is 12.2. The summed E-state index contributed by atoms with van der Waals surface area (Å²) in [6, 6.07) is 11.4. The number of hydrogen-bond acceptors (Lipinski definition) is 3. The quantitative estimate of drug-likeness (QED) is 0.874. The number of hydrogen-bond donors (Lipinski definition) is 1. The number of methoxy groups -OCH3 is 1. The van der Waals surface area contributed by atoms with E-state index in [-0.39, 0.29) is 11.7 Å². The molecule has 0 unspecified atom stereocenters. The van der Waals surface area contributed by atoms with Crippen molar-refractivity contribution in [1.82, 2.24) is 0 Å². The smallest absolute Gasteiger partial charge is 0.255 e. The van der Waals surface area contributed by atoms with Gasteiger partial charge in [-0.15, -0.1) is 0 Å². The van der Waals surface area contributed by atoms with Crippen LogP contribution >= 0.6 is 11.6 Å². The van der Waals surface area contributed by atoms with Crippen LogP contribution in [0.5, 0.6) is 5.75 Å². The number of nitrogens with one attached hydrogen (secondary N) is 1. The van der Waals surface area contributed by atoms with Gasteiger partial charge in [0.2, 0.25) is 0 Å². The summed E-state index contributed by atoms with van der Waals surface area (Å²) in [5, 5.41) is 3.15. The molecule has 0 heterocycles. The number of amides is 1. The predicted molar refractivity (Wildman–Crippen MR) is 82.4 cm³/mol. The summed E-state index contributed by atoms with van der Waals surface area (Å²) in [7, 11) is 1.56. The van der Waals surface area contributed by atoms with E-state index >= 15 is 0 Å². The van der Waals surface area contributed by atoms with E-state index in [4.69, 9.17) is 16.3 Å². The van der Waals surface area contributed by atoms with Crippen molar-refractivity contribution < 1.29 is 14.3 Å². The Kier molecular flexibility index (Phi) is 4.60. The Morgan fingerprint density at radius 2 is 1.76 bits per heavy atom. The summed E-state index contributed by atoms with van der Waals surface area (Å²) in [6.45, 7) is 1.44. The second kappa shape index (κ2) is 6.41. The Morgan fingerprint density at radius 1 is 1.10 bits per heavy atom. The second-order valence-electron chi connectivity index (χ2n) is 4.43. The Morgan fingerprint density at radius 3 is 2.33 bits per heavy atom. The monoisotopic (exact) mass is 303 g/mol. The highest BCUT2D eigenvalue weighted by Crippen LogP contribution is 2.22. The molecule has 108 valence electrons. The number of Topliss-reactive ketones (excluding diaryl/α,β-unsaturated/α-hetero) is 1. The molecule has 2 aromatic rings. The predicted octanol–water partition coefficient (Wildman–Crippen LogP) is 3.80. The zero-order valence-electron chi connectivity index (χ0n) is 11.6. The zero-order chi connectivity index (χ0) is 15.4. The molecule has 0 fully saturated rings. The van der Waals surface area contributed by atoms with E-state index < -0.39 is 0 Å². The Labute approximate surface area is 127 Å². The topological polar surface area (TPSA) is 55.4 Å². The van der Waals surface area contributed by atoms with E-state index in [0.29, 0.717) is 27.6 Å². The van der Waals surface area contributed by atoms with Crippen molar-refractivity contribution in [3.8, 4) is 5.75 Å². The van der Waals surface area contributed by atoms with Gasteiger partial charge in [-0.2, -0.15) is 0 Å². The molecule has 0 aliphatic rings. The van der Waals surface area contributed by atoms with Gasteiger partial charge in [0.1, 0.15) is 5.75 Å². The molecular weight excluding hydrogens is 290 g/mol. The van der Waals surface area contributed by atoms with E-state index in [1.54, 1.807) is 49.6 Å². The van der Waals surface area contributed by atoms with E-state index in [2.05, 4.69) is 5.32 Å². The lowest BCUT2D eigenvalue weighted by Gasteiger charge is -2.10. The molecule has 0 spiro atoms. The molecule has 0 aliphatic heterocycles. The van der Waals surface area contributed by atoms with Crippen LogP contribution < -0.4 is 10.1 Å². The zero-order valence-corrected chi connectivity index (χ0v) is 12.4. The Bertz CT molecular complexity index is 680. The molecule has 0 aliphatic carbocycles.